The van der Waals surface area contributed by atoms with Crippen molar-refractivity contribution in [1.29, 1.82) is 0 Å². The van der Waals surface area contributed by atoms with Gasteiger partial charge in [-0.2, -0.15) is 0 Å². The standard InChI is InChI=1S/C31H20O2.C31H18O.C18H11BrO.C13H8O.C12H9BO3.C6H4Br2/c32-31(26-16-5-1-10-20(26)21-11-2-6-17-27(21)31)28-18-7-3-12-22(28)24-14-9-15-25-23-13-4-8-19-29(23)33-30(24)25;1-5-13-24-19(9-1)20-10-2-6-14-25(20)31(24)26-15-7-3-12-23(26)29-27(31)18-17-22-21-11-4-8-16-28(21)32-30(22)29;19-16-10-3-1-6-12(16)14-8-5-9-15-13-7-2-4-11-17(13)20-18(14)15;14-13-11-7-3-1-5-9(11)10-6-2-4-8-12(10)13;14-13(15)10-6-3-5-9-8-4-1-2-7-11(8)16-12(9)10;7-5-3-1-2-4-6(5)8/h1-19,32H;1-18H;1-11H;1-8H;1-7,14-15H;1-4H/p+1. The van der Waals surface area contributed by atoms with Gasteiger partial charge in [0.15, 0.2) is 5.78 Å². The monoisotopic (exact) mass is 1780 g/mol. The van der Waals surface area contributed by atoms with E-state index in [1.165, 1.54) is 55.3 Å². The summed E-state index contributed by atoms with van der Waals surface area (Å²) in [5.74, 6) is 0.149. The maximum atomic E-state index is 12.5. The molecule has 3 N–H and O–H groups in total. The average Bonchev–Trinajstić information content (AvgIpc) is 1.50. The molecule has 26 rings (SSSR count). The number of halogens is 3. The first-order valence-corrected chi connectivity index (χ1v) is 43.0. The maximum Gasteiger partial charge on any atom is 1.00 e. The van der Waals surface area contributed by atoms with Crippen LogP contribution in [0.2, 0.25) is 0 Å². The first kappa shape index (κ1) is 76.6. The number of hydrogen-bond donors (Lipinski definition) is 3. The number of para-hydroxylation sites is 7. The lowest BCUT2D eigenvalue weighted by molar-refractivity contribution is 0.104. The zero-order chi connectivity index (χ0) is 83.0. The molecule has 0 saturated carbocycles. The van der Waals surface area contributed by atoms with E-state index in [0.29, 0.717) is 11.0 Å². The van der Waals surface area contributed by atoms with Crippen LogP contribution in [-0.2, 0) is 11.0 Å². The first-order valence-electron chi connectivity index (χ1n) is 40.7. The molecule has 4 heterocycles. The van der Waals surface area contributed by atoms with E-state index < -0.39 is 12.7 Å². The highest BCUT2D eigenvalue weighted by Crippen LogP contribution is 2.64. The number of ketones is 1. The highest BCUT2D eigenvalue weighted by molar-refractivity contribution is 9.13. The molecule has 8 nitrogen and oxygen atoms in total. The fraction of sp³-hybridized carbons (Fsp3) is 0.0180. The molecule has 0 radical (unpaired) electrons. The van der Waals surface area contributed by atoms with Crippen molar-refractivity contribution in [2.24, 2.45) is 0 Å². The van der Waals surface area contributed by atoms with Gasteiger partial charge >= 0.3 is 8.55 Å². The Morgan fingerprint density at radius 1 is 0.228 bits per heavy atom. The summed E-state index contributed by atoms with van der Waals surface area (Å²) in [5, 5.41) is 39.7. The maximum absolute atomic E-state index is 12.5. The molecule has 1 spiro atoms. The van der Waals surface area contributed by atoms with E-state index in [9.17, 15) is 19.9 Å². The number of furan rings is 4. The van der Waals surface area contributed by atoms with Crippen LogP contribution in [0.4, 0.5) is 0 Å². The summed E-state index contributed by atoms with van der Waals surface area (Å²) >= 11 is 10.3. The zero-order valence-electron chi connectivity index (χ0n) is 66.8. The molecule has 4 aliphatic rings. The fourth-order valence-corrected chi connectivity index (χ4v) is 19.9. The summed E-state index contributed by atoms with van der Waals surface area (Å²) in [6, 6.07) is 138. The van der Waals surface area contributed by atoms with Crippen molar-refractivity contribution in [2.45, 2.75) is 11.0 Å². The van der Waals surface area contributed by atoms with Crippen molar-refractivity contribution < 1.29 is 39.0 Å². The normalized spacial score (nSPS) is 12.8. The minimum atomic E-state index is -1.51. The van der Waals surface area contributed by atoms with Crippen LogP contribution in [-0.4, -0.2) is 28.1 Å². The SMILES string of the molecule is Brc1ccccc1-c1cccc2c1oc1ccccc12.Brc1ccccc1Br.O=C1c2ccccc2-c2ccccc21.OB(O)c1cccc2c1oc1ccccc12.OC1(c2ccccc2-c2cccc3c2oc2ccccc23)c2ccccc2-c2ccccc21.[H+].c1ccc2c(c1)-c1ccccc1C21c2ccccc2-c2c1ccc1c2oc2ccccc21. The lowest BCUT2D eigenvalue weighted by Gasteiger charge is -2.30. The lowest BCUT2D eigenvalue weighted by Crippen LogP contribution is -2.29. The van der Waals surface area contributed by atoms with Gasteiger partial charge in [0, 0.05) is 106 Å². The minimum absolute atomic E-state index is 0. The molecule has 12 heteroatoms. The van der Waals surface area contributed by atoms with Crippen LogP contribution in [0.5, 0.6) is 0 Å². The van der Waals surface area contributed by atoms with E-state index in [2.05, 4.69) is 230 Å². The number of carbonyl (C=O) groups is 1. The van der Waals surface area contributed by atoms with Crippen LogP contribution in [0.25, 0.3) is 155 Å². The minimum Gasteiger partial charge on any atom is -0.456 e. The van der Waals surface area contributed by atoms with Gasteiger partial charge in [-0.25, -0.2) is 0 Å². The predicted octanol–water partition coefficient (Wildman–Crippen LogP) is 29.0. The molecule has 0 fully saturated rings. The Balaban J connectivity index is 0.0000000991. The summed E-state index contributed by atoms with van der Waals surface area (Å²) in [7, 11) is -1.51. The summed E-state index contributed by atoms with van der Waals surface area (Å²) in [4.78, 5) is 11.9. The number of hydrogen-bond acceptors (Lipinski definition) is 8. The third-order valence-corrected chi connectivity index (χ3v) is 26.8. The van der Waals surface area contributed by atoms with Gasteiger partial charge in [0.1, 0.15) is 50.3 Å². The highest BCUT2D eigenvalue weighted by Gasteiger charge is 2.52. The number of fused-ring (bicyclic) bond motifs is 29. The van der Waals surface area contributed by atoms with Crippen LogP contribution in [0.15, 0.2) is 438 Å². The zero-order valence-corrected chi connectivity index (χ0v) is 70.5. The van der Waals surface area contributed by atoms with Crippen molar-refractivity contribution in [3.63, 3.8) is 0 Å². The molecule has 0 saturated heterocycles. The first-order chi connectivity index (χ1) is 60.4. The molecule has 4 aromatic heterocycles. The van der Waals surface area contributed by atoms with Crippen molar-refractivity contribution >= 4 is 154 Å². The van der Waals surface area contributed by atoms with Crippen molar-refractivity contribution in [2.75, 3.05) is 0 Å². The van der Waals surface area contributed by atoms with E-state index in [4.69, 9.17) is 17.7 Å². The van der Waals surface area contributed by atoms with Gasteiger partial charge in [-0.1, -0.05) is 380 Å². The van der Waals surface area contributed by atoms with Gasteiger partial charge in [0.05, 0.1) is 5.41 Å². The molecule has 0 amide bonds. The number of carbonyl (C=O) groups excluding carboxylic acids is 1. The van der Waals surface area contributed by atoms with Gasteiger partial charge in [-0.3, -0.25) is 4.79 Å². The Morgan fingerprint density at radius 2 is 0.504 bits per heavy atom. The van der Waals surface area contributed by atoms with Crippen molar-refractivity contribution in [3.8, 4) is 66.8 Å². The van der Waals surface area contributed by atoms with Crippen molar-refractivity contribution in [3.05, 3.63) is 470 Å². The predicted molar refractivity (Wildman–Crippen MR) is 512 cm³/mol. The average molecular weight is 1780 g/mol. The Hall–Kier alpha value is -13.8. The van der Waals surface area contributed by atoms with Gasteiger partial charge in [-0.15, -0.1) is 0 Å². The van der Waals surface area contributed by atoms with E-state index in [1.807, 2.05) is 212 Å². The second-order valence-electron chi connectivity index (χ2n) is 30.8. The molecule has 123 heavy (non-hydrogen) atoms. The van der Waals surface area contributed by atoms with E-state index >= 15 is 0 Å². The van der Waals surface area contributed by atoms with Crippen LogP contribution in [0, 0.1) is 0 Å². The van der Waals surface area contributed by atoms with Gasteiger partial charge in [0.2, 0.25) is 0 Å². The summed E-state index contributed by atoms with van der Waals surface area (Å²) in [5.41, 5.74) is 29.1. The number of aliphatic hydroxyl groups is 1. The number of benzene rings is 18. The van der Waals surface area contributed by atoms with E-state index in [1.54, 1.807) is 12.1 Å². The van der Waals surface area contributed by atoms with E-state index in [-0.39, 0.29) is 12.6 Å². The molecule has 0 atom stereocenters. The fourth-order valence-electron chi connectivity index (χ4n) is 18.9. The Morgan fingerprint density at radius 3 is 0.927 bits per heavy atom. The Bertz CT molecular complexity index is 7790. The van der Waals surface area contributed by atoms with Gasteiger partial charge in [-0.05, 0) is 147 Å². The highest BCUT2D eigenvalue weighted by atomic mass is 79.9. The number of rotatable bonds is 4. The van der Waals surface area contributed by atoms with Crippen LogP contribution in [0.3, 0.4) is 0 Å². The smallest absolute Gasteiger partial charge is 0.456 e. The van der Waals surface area contributed by atoms with Crippen LogP contribution < -0.4 is 5.46 Å². The molecule has 4 aliphatic carbocycles. The third kappa shape index (κ3) is 12.8. The van der Waals surface area contributed by atoms with Crippen LogP contribution in [0.1, 0.15) is 56.3 Å². The Labute approximate surface area is 734 Å². The Kier molecular flexibility index (Phi) is 19.7. The molecule has 586 valence electrons. The summed E-state index contributed by atoms with van der Waals surface area (Å²) in [6.07, 6.45) is 0. The molecular formula is C111H71BBr3O8+. The van der Waals surface area contributed by atoms with Gasteiger partial charge in [0.25, 0.3) is 0 Å². The molecule has 18 aromatic carbocycles. The molecule has 22 aromatic rings. The lowest BCUT2D eigenvalue weighted by atomic mass is 9.70. The summed E-state index contributed by atoms with van der Waals surface area (Å²) in [6.45, 7) is 0. The van der Waals surface area contributed by atoms with Gasteiger partial charge < -0.3 is 32.8 Å². The topological polar surface area (TPSA) is 130 Å². The van der Waals surface area contributed by atoms with E-state index in [0.717, 1.165) is 157 Å². The molecular weight excluding hydrogens is 1710 g/mol. The molecule has 0 bridgehead atoms. The van der Waals surface area contributed by atoms with Crippen LogP contribution >= 0.6 is 47.8 Å². The largest absolute Gasteiger partial charge is 1.00 e. The second-order valence-corrected chi connectivity index (χ2v) is 33.3. The third-order valence-electron chi connectivity index (χ3n) is 24.2. The summed E-state index contributed by atoms with van der Waals surface area (Å²) < 4.78 is 27.8. The molecule has 0 unspecified atom stereocenters. The van der Waals surface area contributed by atoms with Crippen molar-refractivity contribution in [1.82, 2.24) is 0 Å². The molecule has 0 aliphatic heterocycles. The second kappa shape index (κ2) is 31.7. The quantitative estimate of drug-likeness (QED) is 0.149.